The molecule has 1 heterocycles. The van der Waals surface area contributed by atoms with Crippen molar-refractivity contribution in [2.45, 2.75) is 45.1 Å². The lowest BCUT2D eigenvalue weighted by Gasteiger charge is -2.30. The SMILES string of the molecule is CCC(C(=O)Nc1ccccc1C(=O)N1CCCCCC1)N(c1ccc(F)cc1)S(C)(=O)=O. The summed E-state index contributed by atoms with van der Waals surface area (Å²) in [5.74, 6) is -1.23. The summed E-state index contributed by atoms with van der Waals surface area (Å²) >= 11 is 0. The van der Waals surface area contributed by atoms with Gasteiger partial charge in [0.25, 0.3) is 5.91 Å². The van der Waals surface area contributed by atoms with E-state index in [0.717, 1.165) is 48.4 Å². The third-order valence-corrected chi connectivity index (χ3v) is 6.90. The fourth-order valence-electron chi connectivity index (χ4n) is 4.09. The normalized spacial score (nSPS) is 15.4. The second kappa shape index (κ2) is 10.8. The van der Waals surface area contributed by atoms with Crippen molar-refractivity contribution in [3.05, 3.63) is 59.9 Å². The average Bonchev–Trinajstić information content (AvgIpc) is 3.07. The van der Waals surface area contributed by atoms with E-state index >= 15 is 0 Å². The summed E-state index contributed by atoms with van der Waals surface area (Å²) in [5, 5.41) is 2.76. The highest BCUT2D eigenvalue weighted by Gasteiger charge is 2.32. The Balaban J connectivity index is 1.88. The number of hydrogen-bond donors (Lipinski definition) is 1. The van der Waals surface area contributed by atoms with Gasteiger partial charge in [-0.2, -0.15) is 0 Å². The number of carbonyl (C=O) groups is 2. The van der Waals surface area contributed by atoms with Crippen LogP contribution in [-0.4, -0.2) is 50.5 Å². The molecule has 3 rings (SSSR count). The molecule has 0 aromatic heterocycles. The smallest absolute Gasteiger partial charge is 0.255 e. The fourth-order valence-corrected chi connectivity index (χ4v) is 5.30. The molecule has 2 amide bonds. The first-order chi connectivity index (χ1) is 15.7. The van der Waals surface area contributed by atoms with E-state index in [2.05, 4.69) is 5.32 Å². The van der Waals surface area contributed by atoms with E-state index in [1.165, 1.54) is 12.1 Å². The molecule has 7 nitrogen and oxygen atoms in total. The number of anilines is 2. The van der Waals surface area contributed by atoms with Gasteiger partial charge < -0.3 is 10.2 Å². The van der Waals surface area contributed by atoms with Crippen molar-refractivity contribution in [3.63, 3.8) is 0 Å². The van der Waals surface area contributed by atoms with Crippen molar-refractivity contribution in [2.24, 2.45) is 0 Å². The Labute approximate surface area is 194 Å². The van der Waals surface area contributed by atoms with Gasteiger partial charge in [-0.1, -0.05) is 31.9 Å². The molecule has 1 unspecified atom stereocenters. The minimum atomic E-state index is -3.85. The van der Waals surface area contributed by atoms with Crippen molar-refractivity contribution in [3.8, 4) is 0 Å². The van der Waals surface area contributed by atoms with Crippen LogP contribution >= 0.6 is 0 Å². The molecular weight excluding hydrogens is 445 g/mol. The number of amides is 2. The lowest BCUT2D eigenvalue weighted by molar-refractivity contribution is -0.117. The fraction of sp³-hybridized carbons (Fsp3) is 0.417. The van der Waals surface area contributed by atoms with E-state index in [9.17, 15) is 22.4 Å². The van der Waals surface area contributed by atoms with Crippen molar-refractivity contribution in [1.29, 1.82) is 0 Å². The third kappa shape index (κ3) is 6.10. The van der Waals surface area contributed by atoms with Crippen LogP contribution in [0.2, 0.25) is 0 Å². The van der Waals surface area contributed by atoms with Crippen LogP contribution in [0.5, 0.6) is 0 Å². The Morgan fingerprint density at radius 2 is 1.64 bits per heavy atom. The number of halogens is 1. The number of benzene rings is 2. The lowest BCUT2D eigenvalue weighted by atomic mass is 10.1. The number of likely N-dealkylation sites (tertiary alicyclic amines) is 1. The van der Waals surface area contributed by atoms with Crippen molar-refractivity contribution < 1.29 is 22.4 Å². The summed E-state index contributed by atoms with van der Waals surface area (Å²) in [4.78, 5) is 28.2. The number of hydrogen-bond acceptors (Lipinski definition) is 4. The molecule has 0 saturated carbocycles. The Morgan fingerprint density at radius 3 is 2.21 bits per heavy atom. The van der Waals surface area contributed by atoms with Crippen LogP contribution in [0.4, 0.5) is 15.8 Å². The van der Waals surface area contributed by atoms with E-state index in [0.29, 0.717) is 24.3 Å². The minimum Gasteiger partial charge on any atom is -0.339 e. The summed E-state index contributed by atoms with van der Waals surface area (Å²) in [6.45, 7) is 3.04. The molecule has 1 fully saturated rings. The molecule has 1 saturated heterocycles. The summed E-state index contributed by atoms with van der Waals surface area (Å²) in [6.07, 6.45) is 5.25. The summed E-state index contributed by atoms with van der Waals surface area (Å²) in [7, 11) is -3.85. The van der Waals surface area contributed by atoms with Crippen LogP contribution in [0.1, 0.15) is 49.4 Å². The predicted octanol–water partition coefficient (Wildman–Crippen LogP) is 4.03. The standard InChI is InChI=1S/C24H30FN3O4S/c1-3-22(28(33(2,31)32)19-14-12-18(25)13-15-19)23(29)26-21-11-7-6-10-20(21)24(30)27-16-8-4-5-9-17-27/h6-7,10-15,22H,3-5,8-9,16-17H2,1-2H3,(H,26,29). The maximum Gasteiger partial charge on any atom is 0.255 e. The molecule has 1 atom stereocenters. The molecule has 0 spiro atoms. The average molecular weight is 476 g/mol. The molecule has 178 valence electrons. The van der Waals surface area contributed by atoms with Gasteiger partial charge in [-0.15, -0.1) is 0 Å². The zero-order chi connectivity index (χ0) is 24.0. The van der Waals surface area contributed by atoms with Crippen LogP contribution in [0.15, 0.2) is 48.5 Å². The largest absolute Gasteiger partial charge is 0.339 e. The van der Waals surface area contributed by atoms with Crippen LogP contribution in [0, 0.1) is 5.82 Å². The molecule has 0 aliphatic carbocycles. The van der Waals surface area contributed by atoms with Gasteiger partial charge in [-0.05, 0) is 55.7 Å². The number of nitrogens with zero attached hydrogens (tertiary/aromatic N) is 2. The Hall–Kier alpha value is -2.94. The topological polar surface area (TPSA) is 86.8 Å². The minimum absolute atomic E-state index is 0.153. The molecule has 1 N–H and O–H groups in total. The van der Waals surface area contributed by atoms with Crippen molar-refractivity contribution in [2.75, 3.05) is 29.0 Å². The highest BCUT2D eigenvalue weighted by atomic mass is 32.2. The molecule has 0 radical (unpaired) electrons. The predicted molar refractivity (Wildman–Crippen MR) is 127 cm³/mol. The van der Waals surface area contributed by atoms with E-state index in [-0.39, 0.29) is 18.0 Å². The first kappa shape index (κ1) is 24.7. The first-order valence-corrected chi connectivity index (χ1v) is 13.0. The number of carbonyl (C=O) groups excluding carboxylic acids is 2. The first-order valence-electron chi connectivity index (χ1n) is 11.2. The van der Waals surface area contributed by atoms with E-state index in [1.54, 1.807) is 36.1 Å². The van der Waals surface area contributed by atoms with Crippen LogP contribution in [0.3, 0.4) is 0 Å². The summed E-state index contributed by atoms with van der Waals surface area (Å²) in [6, 6.07) is 10.6. The van der Waals surface area contributed by atoms with Gasteiger partial charge in [0.15, 0.2) is 0 Å². The van der Waals surface area contributed by atoms with Gasteiger partial charge in [0, 0.05) is 13.1 Å². The van der Waals surface area contributed by atoms with Crippen LogP contribution in [-0.2, 0) is 14.8 Å². The number of rotatable bonds is 7. The highest BCUT2D eigenvalue weighted by Crippen LogP contribution is 2.25. The lowest BCUT2D eigenvalue weighted by Crippen LogP contribution is -2.47. The van der Waals surface area contributed by atoms with Gasteiger partial charge in [-0.25, -0.2) is 12.8 Å². The molecule has 33 heavy (non-hydrogen) atoms. The molecule has 2 aromatic carbocycles. The van der Waals surface area contributed by atoms with Gasteiger partial charge in [-0.3, -0.25) is 13.9 Å². The maximum absolute atomic E-state index is 13.4. The second-order valence-electron chi connectivity index (χ2n) is 8.20. The van der Waals surface area contributed by atoms with Crippen LogP contribution < -0.4 is 9.62 Å². The molecule has 0 bridgehead atoms. The molecule has 9 heteroatoms. The van der Waals surface area contributed by atoms with Crippen LogP contribution in [0.25, 0.3) is 0 Å². The van der Waals surface area contributed by atoms with E-state index < -0.39 is 27.8 Å². The highest BCUT2D eigenvalue weighted by molar-refractivity contribution is 7.92. The molecule has 2 aromatic rings. The second-order valence-corrected chi connectivity index (χ2v) is 10.1. The van der Waals surface area contributed by atoms with Gasteiger partial charge >= 0.3 is 0 Å². The number of nitrogens with one attached hydrogen (secondary N) is 1. The Morgan fingerprint density at radius 1 is 1.03 bits per heavy atom. The quantitative estimate of drug-likeness (QED) is 0.655. The van der Waals surface area contributed by atoms with Gasteiger partial charge in [0.05, 0.1) is 23.2 Å². The van der Waals surface area contributed by atoms with Crippen molar-refractivity contribution >= 4 is 33.2 Å². The monoisotopic (exact) mass is 475 g/mol. The number of para-hydroxylation sites is 1. The third-order valence-electron chi connectivity index (χ3n) is 5.72. The Kier molecular flexibility index (Phi) is 8.07. The Bertz CT molecular complexity index is 1080. The summed E-state index contributed by atoms with van der Waals surface area (Å²) in [5.41, 5.74) is 0.896. The van der Waals surface area contributed by atoms with E-state index in [4.69, 9.17) is 0 Å². The van der Waals surface area contributed by atoms with Crippen molar-refractivity contribution in [1.82, 2.24) is 4.90 Å². The van der Waals surface area contributed by atoms with Gasteiger partial charge in [0.2, 0.25) is 15.9 Å². The number of sulfonamides is 1. The molecule has 1 aliphatic heterocycles. The molecular formula is C24H30FN3O4S. The van der Waals surface area contributed by atoms with E-state index in [1.807, 2.05) is 0 Å². The zero-order valence-corrected chi connectivity index (χ0v) is 19.8. The van der Waals surface area contributed by atoms with Gasteiger partial charge in [0.1, 0.15) is 11.9 Å². The maximum atomic E-state index is 13.4. The zero-order valence-electron chi connectivity index (χ0n) is 19.0. The summed E-state index contributed by atoms with van der Waals surface area (Å²) < 4.78 is 39.5. The molecule has 1 aliphatic rings.